The van der Waals surface area contributed by atoms with E-state index >= 15 is 0 Å². The van der Waals surface area contributed by atoms with Crippen molar-refractivity contribution in [3.8, 4) is 6.01 Å². The summed E-state index contributed by atoms with van der Waals surface area (Å²) in [5.74, 6) is 0. The number of hydrogen-bond acceptors (Lipinski definition) is 3. The molecule has 2 heterocycles. The largest absolute Gasteiger partial charge is 0.466 e. The third-order valence-corrected chi connectivity index (χ3v) is 1.64. The highest BCUT2D eigenvalue weighted by atomic mass is 16.5. The molecule has 2 rings (SSSR count). The molecule has 4 nitrogen and oxygen atoms in total. The molecule has 0 bridgehead atoms. The van der Waals surface area contributed by atoms with Gasteiger partial charge in [0.1, 0.15) is 0 Å². The lowest BCUT2D eigenvalue weighted by molar-refractivity contribution is 0.380. The first-order chi connectivity index (χ1) is 5.79. The Labute approximate surface area is 69.8 Å². The first-order valence-corrected chi connectivity index (χ1v) is 3.66. The van der Waals surface area contributed by atoms with Gasteiger partial charge < -0.3 is 4.74 Å². The van der Waals surface area contributed by atoms with E-state index in [0.29, 0.717) is 6.01 Å². The van der Waals surface area contributed by atoms with Crippen molar-refractivity contribution in [3.63, 3.8) is 0 Å². The van der Waals surface area contributed by atoms with Crippen molar-refractivity contribution in [1.82, 2.24) is 14.6 Å². The van der Waals surface area contributed by atoms with Crippen LogP contribution in [-0.4, -0.2) is 21.7 Å². The minimum absolute atomic E-state index is 0.403. The summed E-state index contributed by atoms with van der Waals surface area (Å²) in [6, 6.07) is 4.30. The number of ether oxygens (including phenoxy) is 1. The molecule has 0 radical (unpaired) electrons. The minimum atomic E-state index is 0.403. The van der Waals surface area contributed by atoms with Gasteiger partial charge in [0.25, 0.3) is 0 Å². The Morgan fingerprint density at radius 1 is 1.42 bits per heavy atom. The number of aryl methyl sites for hydroxylation is 1. The lowest BCUT2D eigenvalue weighted by atomic mass is 10.3. The van der Waals surface area contributed by atoms with E-state index in [1.54, 1.807) is 11.6 Å². The molecule has 62 valence electrons. The van der Waals surface area contributed by atoms with Crippen LogP contribution in [0.5, 0.6) is 6.01 Å². The van der Waals surface area contributed by atoms with Crippen LogP contribution in [0.25, 0.3) is 5.65 Å². The molecule has 0 spiro atoms. The summed E-state index contributed by atoms with van der Waals surface area (Å²) in [5.41, 5.74) is 1.95. The molecule has 0 saturated carbocycles. The Kier molecular flexibility index (Phi) is 1.46. The average molecular weight is 163 g/mol. The van der Waals surface area contributed by atoms with Crippen LogP contribution in [0.4, 0.5) is 0 Å². The molecule has 0 aromatic carbocycles. The molecule has 0 saturated heterocycles. The Balaban J connectivity index is 2.67. The number of fused-ring (bicyclic) bond motifs is 1. The fourth-order valence-corrected chi connectivity index (χ4v) is 1.05. The molecule has 12 heavy (non-hydrogen) atoms. The highest BCUT2D eigenvalue weighted by Gasteiger charge is 2.01. The van der Waals surface area contributed by atoms with Crippen LogP contribution in [0.2, 0.25) is 0 Å². The fourth-order valence-electron chi connectivity index (χ4n) is 1.05. The van der Waals surface area contributed by atoms with E-state index in [9.17, 15) is 0 Å². The molecular formula is C8H9N3O. The van der Waals surface area contributed by atoms with Gasteiger partial charge in [-0.05, 0) is 18.6 Å². The lowest BCUT2D eigenvalue weighted by Gasteiger charge is -1.90. The van der Waals surface area contributed by atoms with Crippen LogP contribution in [0.1, 0.15) is 5.56 Å². The number of nitrogens with zero attached hydrogens (tertiary/aromatic N) is 3. The van der Waals surface area contributed by atoms with Crippen LogP contribution in [0.3, 0.4) is 0 Å². The summed E-state index contributed by atoms with van der Waals surface area (Å²) in [6.07, 6.45) is 1.91. The van der Waals surface area contributed by atoms with Gasteiger partial charge in [-0.2, -0.15) is 4.98 Å². The standard InChI is InChI=1S/C8H9N3O/c1-6-3-4-7-9-8(12-2)10-11(7)5-6/h3-5H,1-2H3. The van der Waals surface area contributed by atoms with Gasteiger partial charge in [-0.1, -0.05) is 6.07 Å². The van der Waals surface area contributed by atoms with E-state index in [1.165, 1.54) is 0 Å². The minimum Gasteiger partial charge on any atom is -0.466 e. The third kappa shape index (κ3) is 1.01. The Morgan fingerprint density at radius 3 is 3.00 bits per heavy atom. The van der Waals surface area contributed by atoms with Crippen molar-refractivity contribution in [1.29, 1.82) is 0 Å². The molecule has 0 unspecified atom stereocenters. The molecule has 0 aliphatic carbocycles. The quantitative estimate of drug-likeness (QED) is 0.630. The van der Waals surface area contributed by atoms with Gasteiger partial charge in [-0.15, -0.1) is 5.10 Å². The van der Waals surface area contributed by atoms with E-state index in [4.69, 9.17) is 4.74 Å². The van der Waals surface area contributed by atoms with Gasteiger partial charge in [0.15, 0.2) is 5.65 Å². The summed E-state index contributed by atoms with van der Waals surface area (Å²) in [6.45, 7) is 2.01. The topological polar surface area (TPSA) is 39.4 Å². The van der Waals surface area contributed by atoms with Crippen molar-refractivity contribution in [2.24, 2.45) is 0 Å². The molecule has 0 amide bonds. The zero-order valence-electron chi connectivity index (χ0n) is 6.98. The number of hydrogen-bond donors (Lipinski definition) is 0. The molecule has 0 N–H and O–H groups in total. The van der Waals surface area contributed by atoms with Crippen molar-refractivity contribution >= 4 is 5.65 Å². The monoisotopic (exact) mass is 163 g/mol. The smallest absolute Gasteiger partial charge is 0.336 e. The van der Waals surface area contributed by atoms with Crippen molar-refractivity contribution in [2.45, 2.75) is 6.92 Å². The van der Waals surface area contributed by atoms with Crippen molar-refractivity contribution in [2.75, 3.05) is 7.11 Å². The van der Waals surface area contributed by atoms with Gasteiger partial charge in [0.05, 0.1) is 7.11 Å². The third-order valence-electron chi connectivity index (χ3n) is 1.64. The van der Waals surface area contributed by atoms with Crippen LogP contribution in [0, 0.1) is 6.92 Å². The second-order valence-corrected chi connectivity index (χ2v) is 2.61. The molecule has 2 aromatic rings. The highest BCUT2D eigenvalue weighted by Crippen LogP contribution is 2.07. The normalized spacial score (nSPS) is 10.5. The predicted octanol–water partition coefficient (Wildman–Crippen LogP) is 1.05. The van der Waals surface area contributed by atoms with E-state index in [-0.39, 0.29) is 0 Å². The number of pyridine rings is 1. The zero-order valence-corrected chi connectivity index (χ0v) is 6.98. The van der Waals surface area contributed by atoms with Gasteiger partial charge in [0, 0.05) is 6.20 Å². The maximum atomic E-state index is 4.90. The first-order valence-electron chi connectivity index (χ1n) is 3.66. The van der Waals surface area contributed by atoms with E-state index in [2.05, 4.69) is 10.1 Å². The molecule has 0 aliphatic heterocycles. The molecule has 4 heteroatoms. The van der Waals surface area contributed by atoms with Crippen LogP contribution in [0.15, 0.2) is 18.3 Å². The van der Waals surface area contributed by atoms with Gasteiger partial charge in [-0.25, -0.2) is 4.52 Å². The van der Waals surface area contributed by atoms with Crippen LogP contribution in [-0.2, 0) is 0 Å². The fraction of sp³-hybridized carbons (Fsp3) is 0.250. The molecule has 2 aromatic heterocycles. The van der Waals surface area contributed by atoms with Crippen molar-refractivity contribution < 1.29 is 4.74 Å². The summed E-state index contributed by atoms with van der Waals surface area (Å²) >= 11 is 0. The lowest BCUT2D eigenvalue weighted by Crippen LogP contribution is -1.88. The number of rotatable bonds is 1. The molecule has 0 fully saturated rings. The number of aromatic nitrogens is 3. The summed E-state index contributed by atoms with van der Waals surface area (Å²) in [5, 5.41) is 4.08. The zero-order chi connectivity index (χ0) is 8.55. The first kappa shape index (κ1) is 7.09. The predicted molar refractivity (Wildman–Crippen MR) is 44.3 cm³/mol. The number of methoxy groups -OCH3 is 1. The molecule has 0 aliphatic rings. The SMILES string of the molecule is COc1nc2ccc(C)cn2n1. The Morgan fingerprint density at radius 2 is 2.25 bits per heavy atom. The summed E-state index contributed by atoms with van der Waals surface area (Å²) < 4.78 is 6.60. The van der Waals surface area contributed by atoms with E-state index in [1.807, 2.05) is 25.3 Å². The van der Waals surface area contributed by atoms with Crippen molar-refractivity contribution in [3.05, 3.63) is 23.9 Å². The van der Waals surface area contributed by atoms with Gasteiger partial charge >= 0.3 is 6.01 Å². The maximum Gasteiger partial charge on any atom is 0.336 e. The summed E-state index contributed by atoms with van der Waals surface area (Å²) in [4.78, 5) is 4.10. The van der Waals surface area contributed by atoms with E-state index < -0.39 is 0 Å². The molecule has 0 atom stereocenters. The van der Waals surface area contributed by atoms with Crippen LogP contribution < -0.4 is 4.74 Å². The summed E-state index contributed by atoms with van der Waals surface area (Å²) in [7, 11) is 1.56. The average Bonchev–Trinajstić information content (AvgIpc) is 2.46. The van der Waals surface area contributed by atoms with Crippen LogP contribution >= 0.6 is 0 Å². The Hall–Kier alpha value is -1.58. The van der Waals surface area contributed by atoms with Gasteiger partial charge in [0.2, 0.25) is 0 Å². The molecular weight excluding hydrogens is 154 g/mol. The second kappa shape index (κ2) is 2.48. The van der Waals surface area contributed by atoms with E-state index in [0.717, 1.165) is 11.2 Å². The second-order valence-electron chi connectivity index (χ2n) is 2.61. The maximum absolute atomic E-state index is 4.90. The highest BCUT2D eigenvalue weighted by molar-refractivity contribution is 5.39. The van der Waals surface area contributed by atoms with Gasteiger partial charge in [-0.3, -0.25) is 0 Å². The Bertz CT molecular complexity index is 408.